The Bertz CT molecular complexity index is 760. The van der Waals surface area contributed by atoms with Gasteiger partial charge in [-0.25, -0.2) is 0 Å². The Morgan fingerprint density at radius 3 is 2.75 bits per heavy atom. The summed E-state index contributed by atoms with van der Waals surface area (Å²) in [7, 11) is 0. The van der Waals surface area contributed by atoms with Crippen molar-refractivity contribution in [2.45, 2.75) is 38.1 Å². The SMILES string of the molecule is N#Cc1ccccc1NC(=O)c1cncc(NC2CCCCC2)c1. The maximum atomic E-state index is 12.4. The molecule has 1 aliphatic rings. The molecular weight excluding hydrogens is 300 g/mol. The van der Waals surface area contributed by atoms with Crippen molar-refractivity contribution in [1.82, 2.24) is 4.98 Å². The topological polar surface area (TPSA) is 77.8 Å². The average molecular weight is 320 g/mol. The second-order valence-corrected chi connectivity index (χ2v) is 6.05. The number of amides is 1. The first kappa shape index (κ1) is 16.0. The van der Waals surface area contributed by atoms with Crippen molar-refractivity contribution in [3.05, 3.63) is 53.9 Å². The first-order valence-corrected chi connectivity index (χ1v) is 8.28. The number of nitriles is 1. The van der Waals surface area contributed by atoms with Gasteiger partial charge >= 0.3 is 0 Å². The third kappa shape index (κ3) is 3.90. The molecule has 1 aliphatic carbocycles. The van der Waals surface area contributed by atoms with Crippen LogP contribution in [0, 0.1) is 11.3 Å². The summed E-state index contributed by atoms with van der Waals surface area (Å²) in [5, 5.41) is 15.4. The number of nitrogens with zero attached hydrogens (tertiary/aromatic N) is 2. The molecule has 0 saturated heterocycles. The highest BCUT2D eigenvalue weighted by atomic mass is 16.1. The van der Waals surface area contributed by atoms with Gasteiger partial charge in [0.15, 0.2) is 0 Å². The molecule has 5 heteroatoms. The minimum absolute atomic E-state index is 0.266. The van der Waals surface area contributed by atoms with Gasteiger partial charge in [0.25, 0.3) is 5.91 Å². The van der Waals surface area contributed by atoms with E-state index in [4.69, 9.17) is 5.26 Å². The molecule has 0 bridgehead atoms. The number of hydrogen-bond donors (Lipinski definition) is 2. The van der Waals surface area contributed by atoms with E-state index in [-0.39, 0.29) is 5.91 Å². The van der Waals surface area contributed by atoms with E-state index >= 15 is 0 Å². The molecule has 5 nitrogen and oxygen atoms in total. The van der Waals surface area contributed by atoms with Crippen LogP contribution in [0.3, 0.4) is 0 Å². The van der Waals surface area contributed by atoms with Crippen LogP contribution in [-0.4, -0.2) is 16.9 Å². The molecule has 1 aromatic carbocycles. The molecular formula is C19H20N4O. The van der Waals surface area contributed by atoms with E-state index < -0.39 is 0 Å². The summed E-state index contributed by atoms with van der Waals surface area (Å²) >= 11 is 0. The van der Waals surface area contributed by atoms with Crippen LogP contribution in [0.15, 0.2) is 42.7 Å². The molecule has 3 rings (SSSR count). The zero-order valence-electron chi connectivity index (χ0n) is 13.5. The minimum Gasteiger partial charge on any atom is -0.381 e. The van der Waals surface area contributed by atoms with Crippen LogP contribution in [0.25, 0.3) is 0 Å². The van der Waals surface area contributed by atoms with Gasteiger partial charge in [0.05, 0.1) is 22.5 Å². The molecule has 2 N–H and O–H groups in total. The molecule has 0 spiro atoms. The van der Waals surface area contributed by atoms with Crippen molar-refractivity contribution in [3.8, 4) is 6.07 Å². The quantitative estimate of drug-likeness (QED) is 0.894. The Morgan fingerprint density at radius 2 is 1.96 bits per heavy atom. The van der Waals surface area contributed by atoms with Crippen molar-refractivity contribution in [2.24, 2.45) is 0 Å². The zero-order valence-corrected chi connectivity index (χ0v) is 13.5. The molecule has 24 heavy (non-hydrogen) atoms. The fourth-order valence-electron chi connectivity index (χ4n) is 3.01. The molecule has 0 aliphatic heterocycles. The Kier molecular flexibility index (Phi) is 5.07. The summed E-state index contributed by atoms with van der Waals surface area (Å²) < 4.78 is 0. The van der Waals surface area contributed by atoms with Crippen LogP contribution in [0.1, 0.15) is 48.0 Å². The zero-order chi connectivity index (χ0) is 16.8. The lowest BCUT2D eigenvalue weighted by Gasteiger charge is -2.23. The van der Waals surface area contributed by atoms with Gasteiger partial charge in [0.1, 0.15) is 6.07 Å². The highest BCUT2D eigenvalue weighted by Gasteiger charge is 2.14. The van der Waals surface area contributed by atoms with Crippen LogP contribution >= 0.6 is 0 Å². The number of anilines is 2. The number of aromatic nitrogens is 1. The predicted molar refractivity (Wildman–Crippen MR) is 93.8 cm³/mol. The van der Waals surface area contributed by atoms with Gasteiger partial charge in [0, 0.05) is 18.4 Å². The molecule has 0 unspecified atom stereocenters. The van der Waals surface area contributed by atoms with Crippen LogP contribution in [0.2, 0.25) is 0 Å². The second kappa shape index (κ2) is 7.60. The van der Waals surface area contributed by atoms with E-state index in [1.165, 1.54) is 25.5 Å². The number of hydrogen-bond acceptors (Lipinski definition) is 4. The summed E-state index contributed by atoms with van der Waals surface area (Å²) in [6, 6.07) is 11.3. The lowest BCUT2D eigenvalue weighted by atomic mass is 9.95. The third-order valence-electron chi connectivity index (χ3n) is 4.27. The van der Waals surface area contributed by atoms with Crippen LogP contribution < -0.4 is 10.6 Å². The van der Waals surface area contributed by atoms with Crippen molar-refractivity contribution in [3.63, 3.8) is 0 Å². The summed E-state index contributed by atoms with van der Waals surface area (Å²) in [5.74, 6) is -0.266. The molecule has 1 saturated carbocycles. The highest BCUT2D eigenvalue weighted by Crippen LogP contribution is 2.22. The lowest BCUT2D eigenvalue weighted by molar-refractivity contribution is 0.102. The number of nitrogens with one attached hydrogen (secondary N) is 2. The third-order valence-corrected chi connectivity index (χ3v) is 4.27. The molecule has 2 aromatic rings. The fourth-order valence-corrected chi connectivity index (χ4v) is 3.01. The van der Waals surface area contributed by atoms with Crippen LogP contribution in [0.5, 0.6) is 0 Å². The standard InChI is InChI=1S/C19H20N4O/c20-11-14-6-4-5-9-18(14)23-19(24)15-10-17(13-21-12-15)22-16-7-2-1-3-8-16/h4-6,9-10,12-13,16,22H,1-3,7-8H2,(H,23,24). The Labute approximate surface area is 141 Å². The monoisotopic (exact) mass is 320 g/mol. The second-order valence-electron chi connectivity index (χ2n) is 6.05. The maximum absolute atomic E-state index is 12.4. The molecule has 1 aromatic heterocycles. The van der Waals surface area contributed by atoms with Crippen LogP contribution in [0.4, 0.5) is 11.4 Å². The van der Waals surface area contributed by atoms with Gasteiger partial charge in [-0.05, 0) is 31.0 Å². The van der Waals surface area contributed by atoms with E-state index in [0.717, 1.165) is 18.5 Å². The smallest absolute Gasteiger partial charge is 0.257 e. The molecule has 1 fully saturated rings. The number of pyridine rings is 1. The largest absolute Gasteiger partial charge is 0.381 e. The van der Waals surface area contributed by atoms with Crippen LogP contribution in [-0.2, 0) is 0 Å². The predicted octanol–water partition coefficient (Wildman–Crippen LogP) is 3.95. The Morgan fingerprint density at radius 1 is 1.17 bits per heavy atom. The van der Waals surface area contributed by atoms with Crippen molar-refractivity contribution in [1.29, 1.82) is 5.26 Å². The molecule has 1 heterocycles. The first-order valence-electron chi connectivity index (χ1n) is 8.28. The minimum atomic E-state index is -0.266. The summed E-state index contributed by atoms with van der Waals surface area (Å²) in [6.07, 6.45) is 9.40. The first-order chi connectivity index (χ1) is 11.8. The number of para-hydroxylation sites is 1. The Balaban J connectivity index is 1.71. The number of rotatable bonds is 4. The van der Waals surface area contributed by atoms with Crippen molar-refractivity contribution >= 4 is 17.3 Å². The van der Waals surface area contributed by atoms with Gasteiger partial charge in [-0.3, -0.25) is 9.78 Å². The lowest BCUT2D eigenvalue weighted by Crippen LogP contribution is -2.22. The molecule has 1 amide bonds. The summed E-state index contributed by atoms with van der Waals surface area (Å²) in [6.45, 7) is 0. The van der Waals surface area contributed by atoms with E-state index in [1.807, 2.05) is 6.07 Å². The van der Waals surface area contributed by atoms with Crippen molar-refractivity contribution < 1.29 is 4.79 Å². The molecule has 0 radical (unpaired) electrons. The maximum Gasteiger partial charge on any atom is 0.257 e. The van der Waals surface area contributed by atoms with Crippen molar-refractivity contribution in [2.75, 3.05) is 10.6 Å². The Hall–Kier alpha value is -2.87. The van der Waals surface area contributed by atoms with Gasteiger partial charge < -0.3 is 10.6 Å². The highest BCUT2D eigenvalue weighted by molar-refractivity contribution is 6.05. The fraction of sp³-hybridized carbons (Fsp3) is 0.316. The summed E-state index contributed by atoms with van der Waals surface area (Å²) in [5.41, 5.74) is 2.29. The van der Waals surface area contributed by atoms with E-state index in [0.29, 0.717) is 22.9 Å². The van der Waals surface area contributed by atoms with E-state index in [2.05, 4.69) is 21.7 Å². The number of benzene rings is 1. The average Bonchev–Trinajstić information content (AvgIpc) is 2.63. The normalized spacial score (nSPS) is 14.6. The van der Waals surface area contributed by atoms with Gasteiger partial charge in [-0.1, -0.05) is 31.4 Å². The molecule has 0 atom stereocenters. The van der Waals surface area contributed by atoms with E-state index in [1.54, 1.807) is 30.5 Å². The molecule has 122 valence electrons. The number of carbonyl (C=O) groups is 1. The van der Waals surface area contributed by atoms with Gasteiger partial charge in [-0.15, -0.1) is 0 Å². The van der Waals surface area contributed by atoms with E-state index in [9.17, 15) is 4.79 Å². The summed E-state index contributed by atoms with van der Waals surface area (Å²) in [4.78, 5) is 16.6. The van der Waals surface area contributed by atoms with Gasteiger partial charge in [-0.2, -0.15) is 5.26 Å². The van der Waals surface area contributed by atoms with Gasteiger partial charge in [0.2, 0.25) is 0 Å². The number of carbonyl (C=O) groups excluding carboxylic acids is 1.